The van der Waals surface area contributed by atoms with Crippen LogP contribution in [0.3, 0.4) is 0 Å². The molecule has 1 aromatic carbocycles. The molecule has 0 aliphatic heterocycles. The Bertz CT molecular complexity index is 557. The number of nitrogens with one attached hydrogen (secondary N) is 2. The normalized spacial score (nSPS) is 10.3. The molecular weight excluding hydrogens is 351 g/mol. The van der Waals surface area contributed by atoms with E-state index in [1.807, 2.05) is 31.2 Å². The van der Waals surface area contributed by atoms with Crippen LogP contribution in [0.5, 0.6) is 0 Å². The maximum Gasteiger partial charge on any atom is 0.224 e. The second kappa shape index (κ2) is 6.70. The smallest absolute Gasteiger partial charge is 0.224 e. The zero-order valence-electron chi connectivity index (χ0n) is 11.1. The first-order valence-corrected chi connectivity index (χ1v) is 7.38. The van der Waals surface area contributed by atoms with Gasteiger partial charge in [-0.15, -0.1) is 0 Å². The number of halogens is 1. The maximum absolute atomic E-state index is 4.47. The van der Waals surface area contributed by atoms with Crippen LogP contribution in [0, 0.1) is 10.5 Å². The highest BCUT2D eigenvalue weighted by Crippen LogP contribution is 2.21. The van der Waals surface area contributed by atoms with Gasteiger partial charge in [-0.1, -0.05) is 19.1 Å². The molecule has 0 aliphatic carbocycles. The van der Waals surface area contributed by atoms with Crippen LogP contribution < -0.4 is 10.6 Å². The Morgan fingerprint density at radius 2 is 2.00 bits per heavy atom. The van der Waals surface area contributed by atoms with Gasteiger partial charge in [0, 0.05) is 21.9 Å². The Kier molecular flexibility index (Phi) is 4.95. The number of hydrogen-bond donors (Lipinski definition) is 2. The van der Waals surface area contributed by atoms with Crippen molar-refractivity contribution in [2.24, 2.45) is 0 Å². The van der Waals surface area contributed by atoms with Crippen LogP contribution in [0.25, 0.3) is 0 Å². The fraction of sp³-hybridized carbons (Fsp3) is 0.286. The molecule has 4 nitrogen and oxygen atoms in total. The Labute approximate surface area is 127 Å². The molecule has 2 rings (SSSR count). The lowest BCUT2D eigenvalue weighted by Gasteiger charge is -2.10. The van der Waals surface area contributed by atoms with Crippen molar-refractivity contribution < 1.29 is 0 Å². The van der Waals surface area contributed by atoms with Gasteiger partial charge >= 0.3 is 0 Å². The van der Waals surface area contributed by atoms with Crippen LogP contribution in [-0.4, -0.2) is 16.5 Å². The van der Waals surface area contributed by atoms with E-state index >= 15 is 0 Å². The predicted octanol–water partition coefficient (Wildman–Crippen LogP) is 3.96. The minimum absolute atomic E-state index is 0.676. The Morgan fingerprint density at radius 1 is 1.21 bits per heavy atom. The van der Waals surface area contributed by atoms with Crippen LogP contribution in [0.1, 0.15) is 19.0 Å². The number of benzene rings is 1. The van der Waals surface area contributed by atoms with E-state index in [1.54, 1.807) is 0 Å². The van der Waals surface area contributed by atoms with E-state index in [1.165, 1.54) is 3.57 Å². The van der Waals surface area contributed by atoms with Crippen LogP contribution >= 0.6 is 22.6 Å². The molecule has 2 aromatic rings. The first kappa shape index (κ1) is 14.0. The molecule has 0 fully saturated rings. The van der Waals surface area contributed by atoms with Gasteiger partial charge in [-0.3, -0.25) is 0 Å². The van der Waals surface area contributed by atoms with Crippen molar-refractivity contribution in [3.63, 3.8) is 0 Å². The fourth-order valence-electron chi connectivity index (χ4n) is 1.65. The van der Waals surface area contributed by atoms with Crippen LogP contribution in [0.15, 0.2) is 30.3 Å². The summed E-state index contributed by atoms with van der Waals surface area (Å²) in [6.07, 6.45) is 1.05. The van der Waals surface area contributed by atoms with Crippen LogP contribution in [0.2, 0.25) is 0 Å². The molecule has 0 unspecified atom stereocenters. The molecule has 0 saturated heterocycles. The Balaban J connectivity index is 2.20. The van der Waals surface area contributed by atoms with Crippen molar-refractivity contribution in [3.8, 4) is 0 Å². The van der Waals surface area contributed by atoms with Crippen molar-refractivity contribution in [2.75, 3.05) is 17.2 Å². The highest BCUT2D eigenvalue weighted by molar-refractivity contribution is 14.1. The monoisotopic (exact) mass is 368 g/mol. The summed E-state index contributed by atoms with van der Waals surface area (Å²) in [6, 6.07) is 10.1. The van der Waals surface area contributed by atoms with E-state index in [-0.39, 0.29) is 0 Å². The largest absolute Gasteiger partial charge is 0.354 e. The zero-order valence-corrected chi connectivity index (χ0v) is 13.2. The number of aryl methyl sites for hydroxylation is 1. The SMILES string of the molecule is CCCNc1nc(C)cc(Nc2ccccc2I)n1. The molecule has 100 valence electrons. The zero-order chi connectivity index (χ0) is 13.7. The third-order valence-corrected chi connectivity index (χ3v) is 3.46. The first-order valence-electron chi connectivity index (χ1n) is 6.30. The van der Waals surface area contributed by atoms with E-state index in [0.29, 0.717) is 5.95 Å². The lowest BCUT2D eigenvalue weighted by molar-refractivity contribution is 0.947. The second-order valence-electron chi connectivity index (χ2n) is 4.25. The summed E-state index contributed by atoms with van der Waals surface area (Å²) in [5.41, 5.74) is 2.00. The molecule has 0 bridgehead atoms. The van der Waals surface area contributed by atoms with E-state index in [0.717, 1.165) is 30.2 Å². The number of rotatable bonds is 5. The third-order valence-electron chi connectivity index (χ3n) is 2.52. The predicted molar refractivity (Wildman–Crippen MR) is 88.0 cm³/mol. The van der Waals surface area contributed by atoms with Crippen molar-refractivity contribution in [3.05, 3.63) is 39.6 Å². The van der Waals surface area contributed by atoms with Crippen molar-refractivity contribution in [1.29, 1.82) is 0 Å². The number of nitrogens with zero attached hydrogens (tertiary/aromatic N) is 2. The van der Waals surface area contributed by atoms with Gasteiger partial charge in [0.05, 0.1) is 5.69 Å². The molecule has 0 saturated carbocycles. The number of hydrogen-bond acceptors (Lipinski definition) is 4. The molecule has 5 heteroatoms. The maximum atomic E-state index is 4.47. The van der Waals surface area contributed by atoms with Gasteiger partial charge in [0.1, 0.15) is 5.82 Å². The standard InChI is InChI=1S/C14H17IN4/c1-3-8-16-14-17-10(2)9-13(19-14)18-12-7-5-4-6-11(12)15/h4-7,9H,3,8H2,1-2H3,(H2,16,17,18,19). The average Bonchev–Trinajstić information content (AvgIpc) is 2.38. The van der Waals surface area contributed by atoms with Gasteiger partial charge in [-0.05, 0) is 48.1 Å². The minimum atomic E-state index is 0.676. The number of para-hydroxylation sites is 1. The van der Waals surface area contributed by atoms with Gasteiger partial charge in [0.15, 0.2) is 0 Å². The summed E-state index contributed by atoms with van der Waals surface area (Å²) in [5, 5.41) is 6.54. The van der Waals surface area contributed by atoms with Crippen LogP contribution in [0.4, 0.5) is 17.5 Å². The lowest BCUT2D eigenvalue weighted by atomic mass is 10.3. The summed E-state index contributed by atoms with van der Waals surface area (Å²) in [5.74, 6) is 1.49. The quantitative estimate of drug-likeness (QED) is 0.785. The molecule has 0 aliphatic rings. The Hall–Kier alpha value is -1.37. The van der Waals surface area contributed by atoms with Gasteiger partial charge in [0.2, 0.25) is 5.95 Å². The van der Waals surface area contributed by atoms with E-state index in [2.05, 4.69) is 56.2 Å². The summed E-state index contributed by atoms with van der Waals surface area (Å²) < 4.78 is 1.17. The van der Waals surface area contributed by atoms with E-state index < -0.39 is 0 Å². The summed E-state index contributed by atoms with van der Waals surface area (Å²) in [6.45, 7) is 4.97. The molecule has 0 radical (unpaired) electrons. The average molecular weight is 368 g/mol. The van der Waals surface area contributed by atoms with Gasteiger partial charge in [-0.2, -0.15) is 4.98 Å². The second-order valence-corrected chi connectivity index (χ2v) is 5.41. The van der Waals surface area contributed by atoms with Gasteiger partial charge in [0.25, 0.3) is 0 Å². The summed E-state index contributed by atoms with van der Waals surface area (Å²) in [7, 11) is 0. The van der Waals surface area contributed by atoms with Crippen molar-refractivity contribution in [1.82, 2.24) is 9.97 Å². The highest BCUT2D eigenvalue weighted by atomic mass is 127. The van der Waals surface area contributed by atoms with Gasteiger partial charge in [-0.25, -0.2) is 4.98 Å². The minimum Gasteiger partial charge on any atom is -0.354 e. The molecule has 0 atom stereocenters. The number of anilines is 3. The molecule has 0 amide bonds. The molecule has 1 heterocycles. The number of aromatic nitrogens is 2. The fourth-order valence-corrected chi connectivity index (χ4v) is 2.17. The highest BCUT2D eigenvalue weighted by Gasteiger charge is 2.04. The Morgan fingerprint density at radius 3 is 2.74 bits per heavy atom. The van der Waals surface area contributed by atoms with Gasteiger partial charge < -0.3 is 10.6 Å². The molecule has 1 aromatic heterocycles. The molecule has 2 N–H and O–H groups in total. The van der Waals surface area contributed by atoms with Crippen molar-refractivity contribution in [2.45, 2.75) is 20.3 Å². The lowest BCUT2D eigenvalue weighted by Crippen LogP contribution is -2.07. The summed E-state index contributed by atoms with van der Waals surface area (Å²) in [4.78, 5) is 8.84. The summed E-state index contributed by atoms with van der Waals surface area (Å²) >= 11 is 2.31. The van der Waals surface area contributed by atoms with Crippen molar-refractivity contribution >= 4 is 40.0 Å². The molecule has 0 spiro atoms. The molecular formula is C14H17IN4. The van der Waals surface area contributed by atoms with E-state index in [4.69, 9.17) is 0 Å². The van der Waals surface area contributed by atoms with Crippen LogP contribution in [-0.2, 0) is 0 Å². The first-order chi connectivity index (χ1) is 9.19. The third kappa shape index (κ3) is 4.05. The topological polar surface area (TPSA) is 49.8 Å². The molecule has 19 heavy (non-hydrogen) atoms. The van der Waals surface area contributed by atoms with E-state index in [9.17, 15) is 0 Å².